The van der Waals surface area contributed by atoms with Crippen LogP contribution in [-0.2, 0) is 11.3 Å². The first-order valence-corrected chi connectivity index (χ1v) is 9.52. The molecule has 4 rings (SSSR count). The summed E-state index contributed by atoms with van der Waals surface area (Å²) < 4.78 is 16.8. The Hall–Kier alpha value is -3.81. The van der Waals surface area contributed by atoms with Crippen molar-refractivity contribution >= 4 is 17.5 Å². The van der Waals surface area contributed by atoms with E-state index in [0.717, 1.165) is 0 Å². The number of aromatic nitrogens is 1. The van der Waals surface area contributed by atoms with Gasteiger partial charge in [-0.15, -0.1) is 0 Å². The molecule has 0 saturated heterocycles. The fourth-order valence-corrected chi connectivity index (χ4v) is 3.13. The number of nitrogens with one attached hydrogen (secondary N) is 2. The van der Waals surface area contributed by atoms with Crippen LogP contribution >= 0.6 is 0 Å². The number of rotatable bonds is 5. The third-order valence-corrected chi connectivity index (χ3v) is 4.58. The van der Waals surface area contributed by atoms with Gasteiger partial charge in [-0.05, 0) is 37.3 Å². The molecule has 0 unspecified atom stereocenters. The second-order valence-electron chi connectivity index (χ2n) is 6.79. The lowest BCUT2D eigenvalue weighted by atomic mass is 10.1. The lowest BCUT2D eigenvalue weighted by molar-refractivity contribution is -0.114. The number of nitrogens with zero attached hydrogens (tertiary/aromatic N) is 1. The average molecular weight is 407 g/mol. The molecule has 2 N–H and O–H groups in total. The molecular formula is C22H21N3O5. The summed E-state index contributed by atoms with van der Waals surface area (Å²) in [5, 5.41) is 5.61. The summed E-state index contributed by atoms with van der Waals surface area (Å²) in [7, 11) is 0. The van der Waals surface area contributed by atoms with E-state index in [4.69, 9.17) is 13.9 Å². The summed E-state index contributed by atoms with van der Waals surface area (Å²) in [6.45, 7) is 4.38. The number of ether oxygens (including phenoxy) is 2. The van der Waals surface area contributed by atoms with E-state index < -0.39 is 0 Å². The Morgan fingerprint density at radius 1 is 1.07 bits per heavy atom. The Bertz CT molecular complexity index is 1110. The summed E-state index contributed by atoms with van der Waals surface area (Å²) in [5.41, 5.74) is 2.35. The Balaban J connectivity index is 1.48. The van der Waals surface area contributed by atoms with Crippen LogP contribution < -0.4 is 20.1 Å². The lowest BCUT2D eigenvalue weighted by Crippen LogP contribution is -2.24. The molecule has 1 aliphatic rings. The van der Waals surface area contributed by atoms with Gasteiger partial charge in [-0.2, -0.15) is 0 Å². The first-order chi connectivity index (χ1) is 14.5. The molecule has 0 radical (unpaired) electrons. The van der Waals surface area contributed by atoms with Gasteiger partial charge >= 0.3 is 0 Å². The van der Waals surface area contributed by atoms with E-state index in [1.165, 1.54) is 6.92 Å². The second-order valence-corrected chi connectivity index (χ2v) is 6.79. The molecule has 2 heterocycles. The van der Waals surface area contributed by atoms with Crippen LogP contribution in [0.2, 0.25) is 0 Å². The van der Waals surface area contributed by atoms with Crippen LogP contribution in [0.15, 0.2) is 46.9 Å². The van der Waals surface area contributed by atoms with Crippen LogP contribution in [0.5, 0.6) is 11.5 Å². The predicted molar refractivity (Wildman–Crippen MR) is 110 cm³/mol. The fraction of sp³-hybridized carbons (Fsp3) is 0.227. The maximum Gasteiger partial charge on any atom is 0.251 e. The Morgan fingerprint density at radius 3 is 2.63 bits per heavy atom. The number of hydrogen-bond donors (Lipinski definition) is 2. The van der Waals surface area contributed by atoms with E-state index in [-0.39, 0.29) is 18.4 Å². The maximum atomic E-state index is 12.6. The van der Waals surface area contributed by atoms with Crippen molar-refractivity contribution in [3.63, 3.8) is 0 Å². The van der Waals surface area contributed by atoms with Gasteiger partial charge in [0, 0.05) is 12.5 Å². The number of carbonyl (C=O) groups excluding carboxylic acids is 2. The molecule has 8 heteroatoms. The van der Waals surface area contributed by atoms with Gasteiger partial charge < -0.3 is 24.5 Å². The number of fused-ring (bicyclic) bond motifs is 1. The zero-order valence-electron chi connectivity index (χ0n) is 16.7. The summed E-state index contributed by atoms with van der Waals surface area (Å²) in [5.74, 6) is 1.72. The van der Waals surface area contributed by atoms with Crippen molar-refractivity contribution in [1.29, 1.82) is 0 Å². The van der Waals surface area contributed by atoms with Gasteiger partial charge in [0.2, 0.25) is 11.8 Å². The molecule has 2 amide bonds. The monoisotopic (exact) mass is 407 g/mol. The van der Waals surface area contributed by atoms with Crippen molar-refractivity contribution in [1.82, 2.24) is 10.3 Å². The largest absolute Gasteiger partial charge is 0.486 e. The average Bonchev–Trinajstić information content (AvgIpc) is 3.12. The van der Waals surface area contributed by atoms with E-state index in [1.807, 2.05) is 18.2 Å². The van der Waals surface area contributed by atoms with Crippen molar-refractivity contribution in [3.05, 3.63) is 59.5 Å². The van der Waals surface area contributed by atoms with Gasteiger partial charge in [-0.25, -0.2) is 4.98 Å². The zero-order chi connectivity index (χ0) is 21.1. The molecule has 0 spiro atoms. The molecule has 0 bridgehead atoms. The van der Waals surface area contributed by atoms with Crippen molar-refractivity contribution < 1.29 is 23.5 Å². The van der Waals surface area contributed by atoms with Crippen LogP contribution in [0.1, 0.15) is 28.7 Å². The lowest BCUT2D eigenvalue weighted by Gasteiger charge is -2.18. The highest BCUT2D eigenvalue weighted by Gasteiger charge is 2.18. The zero-order valence-corrected chi connectivity index (χ0v) is 16.7. The summed E-state index contributed by atoms with van der Waals surface area (Å²) in [6, 6.07) is 12.3. The van der Waals surface area contributed by atoms with Crippen LogP contribution in [0.4, 0.5) is 5.69 Å². The quantitative estimate of drug-likeness (QED) is 0.673. The molecule has 2 aromatic carbocycles. The number of anilines is 1. The third kappa shape index (κ3) is 4.12. The molecule has 0 atom stereocenters. The van der Waals surface area contributed by atoms with Gasteiger partial charge in [-0.3, -0.25) is 9.59 Å². The van der Waals surface area contributed by atoms with Crippen molar-refractivity contribution in [2.45, 2.75) is 20.4 Å². The molecule has 1 aliphatic heterocycles. The Kier molecular flexibility index (Phi) is 5.38. The van der Waals surface area contributed by atoms with Crippen LogP contribution in [0, 0.1) is 6.92 Å². The van der Waals surface area contributed by atoms with Gasteiger partial charge in [0.1, 0.15) is 24.7 Å². The molecular weight excluding hydrogens is 386 g/mol. The number of oxazole rings is 1. The number of aryl methyl sites for hydroxylation is 1. The highest BCUT2D eigenvalue weighted by Crippen LogP contribution is 2.31. The van der Waals surface area contributed by atoms with E-state index in [0.29, 0.717) is 58.9 Å². The fourth-order valence-electron chi connectivity index (χ4n) is 3.13. The molecule has 30 heavy (non-hydrogen) atoms. The minimum Gasteiger partial charge on any atom is -0.486 e. The SMILES string of the molecule is CC(=O)Nc1ccccc1-c1nc(CNC(=O)c2ccc3c(c2)OCCO3)c(C)o1. The van der Waals surface area contributed by atoms with Crippen LogP contribution in [0.3, 0.4) is 0 Å². The van der Waals surface area contributed by atoms with Gasteiger partial charge in [0.15, 0.2) is 11.5 Å². The number of carbonyl (C=O) groups is 2. The first kappa shape index (κ1) is 19.5. The molecule has 8 nitrogen and oxygen atoms in total. The molecule has 1 aromatic heterocycles. The van der Waals surface area contributed by atoms with Gasteiger partial charge in [0.25, 0.3) is 5.91 Å². The molecule has 3 aromatic rings. The molecule has 0 fully saturated rings. The third-order valence-electron chi connectivity index (χ3n) is 4.58. The van der Waals surface area contributed by atoms with Crippen LogP contribution in [-0.4, -0.2) is 30.0 Å². The van der Waals surface area contributed by atoms with E-state index >= 15 is 0 Å². The summed E-state index contributed by atoms with van der Waals surface area (Å²) in [4.78, 5) is 28.5. The normalized spacial score (nSPS) is 12.3. The second kappa shape index (κ2) is 8.28. The number of amides is 2. The first-order valence-electron chi connectivity index (χ1n) is 9.52. The highest BCUT2D eigenvalue weighted by atomic mass is 16.6. The van der Waals surface area contributed by atoms with Crippen LogP contribution in [0.25, 0.3) is 11.5 Å². The standard InChI is InChI=1S/C22H21N3O5/c1-13-18(25-22(30-13)16-5-3-4-6-17(16)24-14(2)26)12-23-21(27)15-7-8-19-20(11-15)29-10-9-28-19/h3-8,11H,9-10,12H2,1-2H3,(H,23,27)(H,24,26). The van der Waals surface area contributed by atoms with Crippen molar-refractivity contribution in [3.8, 4) is 23.0 Å². The van der Waals surface area contributed by atoms with Crippen molar-refractivity contribution in [2.24, 2.45) is 0 Å². The minimum atomic E-state index is -0.255. The summed E-state index contributed by atoms with van der Waals surface area (Å²) in [6.07, 6.45) is 0. The smallest absolute Gasteiger partial charge is 0.251 e. The van der Waals surface area contributed by atoms with E-state index in [9.17, 15) is 9.59 Å². The minimum absolute atomic E-state index is 0.183. The van der Waals surface area contributed by atoms with Gasteiger partial charge in [-0.1, -0.05) is 12.1 Å². The highest BCUT2D eigenvalue weighted by molar-refractivity contribution is 5.95. The summed E-state index contributed by atoms with van der Waals surface area (Å²) >= 11 is 0. The number of hydrogen-bond acceptors (Lipinski definition) is 6. The number of benzene rings is 2. The molecule has 0 saturated carbocycles. The predicted octanol–water partition coefficient (Wildman–Crippen LogP) is 3.31. The van der Waals surface area contributed by atoms with E-state index in [2.05, 4.69) is 15.6 Å². The topological polar surface area (TPSA) is 103 Å². The van der Waals surface area contributed by atoms with Crippen molar-refractivity contribution in [2.75, 3.05) is 18.5 Å². The van der Waals surface area contributed by atoms with Gasteiger partial charge in [0.05, 0.1) is 17.8 Å². The number of para-hydroxylation sites is 1. The molecule has 154 valence electrons. The Morgan fingerprint density at radius 2 is 1.83 bits per heavy atom. The maximum absolute atomic E-state index is 12.6. The Labute approximate surface area is 173 Å². The van der Waals surface area contributed by atoms with E-state index in [1.54, 1.807) is 31.2 Å². The molecule has 0 aliphatic carbocycles.